The third-order valence-electron chi connectivity index (χ3n) is 4.70. The molecule has 2 fully saturated rings. The van der Waals surface area contributed by atoms with E-state index in [0.29, 0.717) is 17.5 Å². The third kappa shape index (κ3) is 3.46. The number of hydrogen-bond acceptors (Lipinski definition) is 3. The van der Waals surface area contributed by atoms with Crippen molar-refractivity contribution in [3.63, 3.8) is 0 Å². The molecule has 106 valence electrons. The van der Waals surface area contributed by atoms with E-state index in [1.165, 1.54) is 25.9 Å². The Morgan fingerprint density at radius 2 is 2.11 bits per heavy atom. The van der Waals surface area contributed by atoms with Gasteiger partial charge in [-0.05, 0) is 44.2 Å². The van der Waals surface area contributed by atoms with Gasteiger partial charge < -0.3 is 10.1 Å². The number of hydrogen-bond donors (Lipinski definition) is 1. The lowest BCUT2D eigenvalue weighted by Gasteiger charge is -2.37. The molecule has 3 unspecified atom stereocenters. The molecular weight excluding hydrogens is 224 g/mol. The summed E-state index contributed by atoms with van der Waals surface area (Å²) >= 11 is 0. The number of nitrogens with one attached hydrogen (secondary N) is 1. The molecule has 2 aliphatic rings. The van der Waals surface area contributed by atoms with E-state index in [1.807, 2.05) is 0 Å². The lowest BCUT2D eigenvalue weighted by atomic mass is 9.86. The Bertz CT molecular complexity index is 256. The zero-order valence-electron chi connectivity index (χ0n) is 12.5. The fraction of sp³-hybridized carbons (Fsp3) is 1.00. The topological polar surface area (TPSA) is 24.5 Å². The SMILES string of the molecule is CC(C1CCOC1)N1CCCNC(C(C)(C)C)C1. The zero-order valence-corrected chi connectivity index (χ0v) is 12.5. The molecule has 0 spiro atoms. The highest BCUT2D eigenvalue weighted by Gasteiger charge is 2.33. The largest absolute Gasteiger partial charge is 0.381 e. The Labute approximate surface area is 112 Å². The molecular formula is C15H30N2O. The van der Waals surface area contributed by atoms with E-state index in [0.717, 1.165) is 25.7 Å². The third-order valence-corrected chi connectivity index (χ3v) is 4.70. The van der Waals surface area contributed by atoms with Gasteiger partial charge in [-0.15, -0.1) is 0 Å². The molecule has 3 heteroatoms. The van der Waals surface area contributed by atoms with E-state index in [2.05, 4.69) is 37.9 Å². The van der Waals surface area contributed by atoms with Crippen LogP contribution >= 0.6 is 0 Å². The standard InChI is InChI=1S/C15H30N2O/c1-12(13-6-9-18-11-13)17-8-5-7-16-14(10-17)15(2,3)4/h12-14,16H,5-11H2,1-4H3. The van der Waals surface area contributed by atoms with Crippen LogP contribution in [0.1, 0.15) is 40.5 Å². The average Bonchev–Trinajstić information content (AvgIpc) is 2.70. The first-order chi connectivity index (χ1) is 8.48. The second kappa shape index (κ2) is 5.89. The predicted octanol–water partition coefficient (Wildman–Crippen LogP) is 2.12. The molecule has 0 saturated carbocycles. The van der Waals surface area contributed by atoms with Crippen molar-refractivity contribution in [3.05, 3.63) is 0 Å². The van der Waals surface area contributed by atoms with Crippen LogP contribution in [0.25, 0.3) is 0 Å². The zero-order chi connectivity index (χ0) is 13.2. The number of ether oxygens (including phenoxy) is 1. The molecule has 0 amide bonds. The quantitative estimate of drug-likeness (QED) is 0.817. The van der Waals surface area contributed by atoms with E-state index >= 15 is 0 Å². The average molecular weight is 254 g/mol. The summed E-state index contributed by atoms with van der Waals surface area (Å²) in [5, 5.41) is 3.72. The van der Waals surface area contributed by atoms with Gasteiger partial charge in [-0.1, -0.05) is 20.8 Å². The van der Waals surface area contributed by atoms with E-state index < -0.39 is 0 Å². The lowest BCUT2D eigenvalue weighted by molar-refractivity contribution is 0.110. The van der Waals surface area contributed by atoms with Crippen LogP contribution in [0.15, 0.2) is 0 Å². The monoisotopic (exact) mass is 254 g/mol. The van der Waals surface area contributed by atoms with E-state index in [-0.39, 0.29) is 0 Å². The fourth-order valence-electron chi connectivity index (χ4n) is 3.13. The molecule has 1 N–H and O–H groups in total. The molecule has 2 aliphatic heterocycles. The maximum Gasteiger partial charge on any atom is 0.0509 e. The van der Waals surface area contributed by atoms with Gasteiger partial charge in [-0.3, -0.25) is 4.90 Å². The normalized spacial score (nSPS) is 33.3. The van der Waals surface area contributed by atoms with Gasteiger partial charge >= 0.3 is 0 Å². The molecule has 0 aromatic heterocycles. The van der Waals surface area contributed by atoms with Gasteiger partial charge in [0.05, 0.1) is 6.61 Å². The Kier molecular flexibility index (Phi) is 4.68. The van der Waals surface area contributed by atoms with Gasteiger partial charge in [0.25, 0.3) is 0 Å². The summed E-state index contributed by atoms with van der Waals surface area (Å²) in [7, 11) is 0. The molecule has 0 aromatic rings. The summed E-state index contributed by atoms with van der Waals surface area (Å²) in [4.78, 5) is 2.69. The van der Waals surface area contributed by atoms with Gasteiger partial charge in [0.15, 0.2) is 0 Å². The summed E-state index contributed by atoms with van der Waals surface area (Å²) in [5.74, 6) is 0.740. The van der Waals surface area contributed by atoms with E-state index in [9.17, 15) is 0 Å². The van der Waals surface area contributed by atoms with Crippen molar-refractivity contribution in [1.29, 1.82) is 0 Å². The van der Waals surface area contributed by atoms with Crippen LogP contribution in [0.5, 0.6) is 0 Å². The first-order valence-electron chi connectivity index (χ1n) is 7.53. The van der Waals surface area contributed by atoms with Crippen LogP contribution in [-0.4, -0.2) is 49.8 Å². The molecule has 18 heavy (non-hydrogen) atoms. The van der Waals surface area contributed by atoms with Gasteiger partial charge in [0.1, 0.15) is 0 Å². The van der Waals surface area contributed by atoms with Crippen LogP contribution < -0.4 is 5.32 Å². The predicted molar refractivity (Wildman–Crippen MR) is 75.8 cm³/mol. The maximum absolute atomic E-state index is 5.55. The molecule has 0 aliphatic carbocycles. The molecule has 2 saturated heterocycles. The van der Waals surface area contributed by atoms with Gasteiger partial charge in [-0.2, -0.15) is 0 Å². The Hall–Kier alpha value is -0.120. The fourth-order valence-corrected chi connectivity index (χ4v) is 3.13. The highest BCUT2D eigenvalue weighted by Crippen LogP contribution is 2.26. The second-order valence-corrected chi connectivity index (χ2v) is 7.09. The molecule has 2 rings (SSSR count). The van der Waals surface area contributed by atoms with Crippen molar-refractivity contribution in [2.45, 2.75) is 52.6 Å². The summed E-state index contributed by atoms with van der Waals surface area (Å²) in [6, 6.07) is 1.27. The van der Waals surface area contributed by atoms with Crippen molar-refractivity contribution in [2.75, 3.05) is 32.8 Å². The smallest absolute Gasteiger partial charge is 0.0509 e. The molecule has 0 radical (unpaired) electrons. The van der Waals surface area contributed by atoms with Crippen LogP contribution in [0, 0.1) is 11.3 Å². The van der Waals surface area contributed by atoms with Crippen molar-refractivity contribution in [1.82, 2.24) is 10.2 Å². The van der Waals surface area contributed by atoms with Crippen molar-refractivity contribution in [2.24, 2.45) is 11.3 Å². The van der Waals surface area contributed by atoms with Gasteiger partial charge in [0, 0.05) is 25.2 Å². The highest BCUT2D eigenvalue weighted by atomic mass is 16.5. The lowest BCUT2D eigenvalue weighted by Crippen LogP contribution is -2.49. The van der Waals surface area contributed by atoms with E-state index in [1.54, 1.807) is 0 Å². The molecule has 2 heterocycles. The second-order valence-electron chi connectivity index (χ2n) is 7.09. The summed E-state index contributed by atoms with van der Waals surface area (Å²) in [6.45, 7) is 14.9. The van der Waals surface area contributed by atoms with Gasteiger partial charge in [0.2, 0.25) is 0 Å². The minimum atomic E-state index is 0.342. The Morgan fingerprint density at radius 3 is 2.72 bits per heavy atom. The van der Waals surface area contributed by atoms with Gasteiger partial charge in [-0.25, -0.2) is 0 Å². The maximum atomic E-state index is 5.55. The summed E-state index contributed by atoms with van der Waals surface area (Å²) in [6.07, 6.45) is 2.51. The number of rotatable bonds is 2. The minimum absolute atomic E-state index is 0.342. The van der Waals surface area contributed by atoms with E-state index in [4.69, 9.17) is 4.74 Å². The minimum Gasteiger partial charge on any atom is -0.381 e. The first-order valence-corrected chi connectivity index (χ1v) is 7.53. The van der Waals surface area contributed by atoms with Crippen molar-refractivity contribution in [3.8, 4) is 0 Å². The first kappa shape index (κ1) is 14.3. The van der Waals surface area contributed by atoms with Crippen LogP contribution in [0.3, 0.4) is 0 Å². The molecule has 0 aromatic carbocycles. The molecule has 0 bridgehead atoms. The Morgan fingerprint density at radius 1 is 1.33 bits per heavy atom. The Balaban J connectivity index is 1.97. The van der Waals surface area contributed by atoms with Crippen molar-refractivity contribution < 1.29 is 4.74 Å². The summed E-state index contributed by atoms with van der Waals surface area (Å²) in [5.41, 5.74) is 0.342. The van der Waals surface area contributed by atoms with Crippen LogP contribution in [0.4, 0.5) is 0 Å². The highest BCUT2D eigenvalue weighted by molar-refractivity contribution is 4.89. The number of nitrogens with zero attached hydrogens (tertiary/aromatic N) is 1. The summed E-state index contributed by atoms with van der Waals surface area (Å²) < 4.78 is 5.55. The molecule has 3 nitrogen and oxygen atoms in total. The van der Waals surface area contributed by atoms with Crippen molar-refractivity contribution >= 4 is 0 Å². The van der Waals surface area contributed by atoms with Crippen LogP contribution in [0.2, 0.25) is 0 Å². The molecule has 3 atom stereocenters. The van der Waals surface area contributed by atoms with Crippen LogP contribution in [-0.2, 0) is 4.74 Å².